The van der Waals surface area contributed by atoms with E-state index in [1.165, 1.54) is 0 Å². The highest BCUT2D eigenvalue weighted by molar-refractivity contribution is 6.05. The van der Waals surface area contributed by atoms with Gasteiger partial charge in [-0.2, -0.15) is 0 Å². The Labute approximate surface area is 168 Å². The number of amides is 1. The van der Waals surface area contributed by atoms with Gasteiger partial charge in [-0.3, -0.25) is 9.78 Å². The fourth-order valence-corrected chi connectivity index (χ4v) is 2.89. The summed E-state index contributed by atoms with van der Waals surface area (Å²) in [7, 11) is 0. The zero-order chi connectivity index (χ0) is 20.1. The summed E-state index contributed by atoms with van der Waals surface area (Å²) >= 11 is 0. The Morgan fingerprint density at radius 3 is 2.79 bits per heavy atom. The first kappa shape index (κ1) is 18.7. The van der Waals surface area contributed by atoms with Crippen LogP contribution in [0.15, 0.2) is 71.4 Å². The maximum atomic E-state index is 12.6. The second-order valence-electron chi connectivity index (χ2n) is 6.62. The SMILES string of the molecule is CCCCOc1cccc(C(=O)Nc2ccc3oc(-c4ccncc4)nc3c2)c1. The van der Waals surface area contributed by atoms with Crippen molar-refractivity contribution in [1.29, 1.82) is 0 Å². The first-order valence-electron chi connectivity index (χ1n) is 9.58. The molecule has 0 saturated carbocycles. The number of hydrogen-bond donors (Lipinski definition) is 1. The molecule has 146 valence electrons. The molecule has 2 heterocycles. The monoisotopic (exact) mass is 387 g/mol. The molecule has 6 heteroatoms. The summed E-state index contributed by atoms with van der Waals surface area (Å²) in [4.78, 5) is 21.2. The number of pyridine rings is 1. The number of carbonyl (C=O) groups is 1. The molecule has 2 aromatic carbocycles. The summed E-state index contributed by atoms with van der Waals surface area (Å²) in [5, 5.41) is 2.91. The summed E-state index contributed by atoms with van der Waals surface area (Å²) in [5.74, 6) is 1.01. The van der Waals surface area contributed by atoms with Gasteiger partial charge in [0.2, 0.25) is 5.89 Å². The van der Waals surface area contributed by atoms with E-state index in [0.29, 0.717) is 40.6 Å². The number of ether oxygens (including phenoxy) is 1. The molecule has 0 atom stereocenters. The van der Waals surface area contributed by atoms with Crippen molar-refractivity contribution < 1.29 is 13.9 Å². The van der Waals surface area contributed by atoms with Crippen molar-refractivity contribution in [2.24, 2.45) is 0 Å². The third kappa shape index (κ3) is 4.43. The molecule has 0 bridgehead atoms. The fraction of sp³-hybridized carbons (Fsp3) is 0.174. The number of benzene rings is 2. The largest absolute Gasteiger partial charge is 0.494 e. The van der Waals surface area contributed by atoms with E-state index in [0.717, 1.165) is 18.4 Å². The van der Waals surface area contributed by atoms with E-state index in [1.807, 2.05) is 24.3 Å². The number of aromatic nitrogens is 2. The summed E-state index contributed by atoms with van der Waals surface area (Å²) < 4.78 is 11.5. The first-order valence-corrected chi connectivity index (χ1v) is 9.58. The van der Waals surface area contributed by atoms with E-state index >= 15 is 0 Å². The molecular formula is C23H21N3O3. The molecule has 2 aromatic heterocycles. The van der Waals surface area contributed by atoms with Crippen LogP contribution >= 0.6 is 0 Å². The summed E-state index contributed by atoms with van der Waals surface area (Å²) in [6.45, 7) is 2.75. The van der Waals surface area contributed by atoms with Gasteiger partial charge in [-0.15, -0.1) is 0 Å². The number of unbranched alkanes of at least 4 members (excludes halogenated alkanes) is 1. The average Bonchev–Trinajstić information content (AvgIpc) is 3.18. The van der Waals surface area contributed by atoms with Crippen molar-refractivity contribution >= 4 is 22.7 Å². The van der Waals surface area contributed by atoms with Gasteiger partial charge in [0.1, 0.15) is 11.3 Å². The number of anilines is 1. The summed E-state index contributed by atoms with van der Waals surface area (Å²) in [5.41, 5.74) is 3.36. The average molecular weight is 387 g/mol. The minimum Gasteiger partial charge on any atom is -0.494 e. The van der Waals surface area contributed by atoms with Crippen LogP contribution in [0.25, 0.3) is 22.6 Å². The van der Waals surface area contributed by atoms with Crippen molar-refractivity contribution in [3.63, 3.8) is 0 Å². The van der Waals surface area contributed by atoms with Crippen LogP contribution in [0.4, 0.5) is 5.69 Å². The van der Waals surface area contributed by atoms with Gasteiger partial charge in [0.25, 0.3) is 5.91 Å². The lowest BCUT2D eigenvalue weighted by atomic mass is 10.2. The van der Waals surface area contributed by atoms with Gasteiger partial charge >= 0.3 is 0 Å². The number of fused-ring (bicyclic) bond motifs is 1. The Morgan fingerprint density at radius 2 is 1.97 bits per heavy atom. The van der Waals surface area contributed by atoms with Crippen molar-refractivity contribution in [1.82, 2.24) is 9.97 Å². The van der Waals surface area contributed by atoms with Gasteiger partial charge in [-0.1, -0.05) is 19.4 Å². The van der Waals surface area contributed by atoms with E-state index in [2.05, 4.69) is 22.2 Å². The number of oxazole rings is 1. The zero-order valence-corrected chi connectivity index (χ0v) is 16.1. The third-order valence-electron chi connectivity index (χ3n) is 4.44. The topological polar surface area (TPSA) is 77.2 Å². The van der Waals surface area contributed by atoms with Crippen LogP contribution in [0.3, 0.4) is 0 Å². The van der Waals surface area contributed by atoms with Crippen molar-refractivity contribution in [2.75, 3.05) is 11.9 Å². The molecule has 0 aliphatic rings. The fourth-order valence-electron chi connectivity index (χ4n) is 2.89. The minimum atomic E-state index is -0.205. The van der Waals surface area contributed by atoms with E-state index < -0.39 is 0 Å². The maximum absolute atomic E-state index is 12.6. The smallest absolute Gasteiger partial charge is 0.255 e. The molecule has 0 radical (unpaired) electrons. The molecule has 4 rings (SSSR count). The molecule has 0 aliphatic carbocycles. The Hall–Kier alpha value is -3.67. The number of carbonyl (C=O) groups excluding carboxylic acids is 1. The summed E-state index contributed by atoms with van der Waals surface area (Å²) in [6, 6.07) is 16.2. The lowest BCUT2D eigenvalue weighted by Gasteiger charge is -2.08. The van der Waals surface area contributed by atoms with Crippen LogP contribution < -0.4 is 10.1 Å². The van der Waals surface area contributed by atoms with Crippen LogP contribution in [0.1, 0.15) is 30.1 Å². The Morgan fingerprint density at radius 1 is 1.10 bits per heavy atom. The van der Waals surface area contributed by atoms with E-state index in [-0.39, 0.29) is 5.91 Å². The standard InChI is InChI=1S/C23H21N3O3/c1-2-3-13-28-19-6-4-5-17(14-19)22(27)25-18-7-8-21-20(15-18)26-23(29-21)16-9-11-24-12-10-16/h4-12,14-15H,2-3,13H2,1H3,(H,25,27). The Bertz CT molecular complexity index is 1120. The van der Waals surface area contributed by atoms with Gasteiger partial charge < -0.3 is 14.5 Å². The van der Waals surface area contributed by atoms with Crippen LogP contribution in [0, 0.1) is 0 Å². The predicted octanol–water partition coefficient (Wildman–Crippen LogP) is 5.32. The van der Waals surface area contributed by atoms with E-state index in [4.69, 9.17) is 9.15 Å². The van der Waals surface area contributed by atoms with Crippen molar-refractivity contribution in [2.45, 2.75) is 19.8 Å². The highest BCUT2D eigenvalue weighted by atomic mass is 16.5. The number of nitrogens with zero attached hydrogens (tertiary/aromatic N) is 2. The zero-order valence-electron chi connectivity index (χ0n) is 16.1. The third-order valence-corrected chi connectivity index (χ3v) is 4.44. The van der Waals surface area contributed by atoms with Crippen molar-refractivity contribution in [3.05, 3.63) is 72.6 Å². The molecule has 0 spiro atoms. The van der Waals surface area contributed by atoms with Gasteiger partial charge in [-0.25, -0.2) is 4.98 Å². The molecule has 6 nitrogen and oxygen atoms in total. The summed E-state index contributed by atoms with van der Waals surface area (Å²) in [6.07, 6.45) is 5.43. The van der Waals surface area contributed by atoms with Gasteiger partial charge in [0, 0.05) is 29.2 Å². The predicted molar refractivity (Wildman–Crippen MR) is 112 cm³/mol. The molecule has 1 amide bonds. The molecule has 1 N–H and O–H groups in total. The number of rotatable bonds is 7. The first-order chi connectivity index (χ1) is 14.2. The molecular weight excluding hydrogens is 366 g/mol. The normalized spacial score (nSPS) is 10.8. The molecule has 0 saturated heterocycles. The molecule has 0 fully saturated rings. The highest BCUT2D eigenvalue weighted by Crippen LogP contribution is 2.26. The van der Waals surface area contributed by atoms with Gasteiger partial charge in [-0.05, 0) is 55.0 Å². The molecule has 0 aliphatic heterocycles. The Kier molecular flexibility index (Phi) is 5.52. The lowest BCUT2D eigenvalue weighted by Crippen LogP contribution is -2.12. The van der Waals surface area contributed by atoms with Gasteiger partial charge in [0.05, 0.1) is 6.61 Å². The number of hydrogen-bond acceptors (Lipinski definition) is 5. The second kappa shape index (κ2) is 8.56. The van der Waals surface area contributed by atoms with Crippen molar-refractivity contribution in [3.8, 4) is 17.2 Å². The maximum Gasteiger partial charge on any atom is 0.255 e. The second-order valence-corrected chi connectivity index (χ2v) is 6.62. The van der Waals surface area contributed by atoms with Crippen LogP contribution in [0.5, 0.6) is 5.75 Å². The highest BCUT2D eigenvalue weighted by Gasteiger charge is 2.11. The molecule has 0 unspecified atom stereocenters. The van der Waals surface area contributed by atoms with Crippen LogP contribution in [-0.2, 0) is 0 Å². The quantitative estimate of drug-likeness (QED) is 0.434. The molecule has 4 aromatic rings. The van der Waals surface area contributed by atoms with Crippen LogP contribution in [-0.4, -0.2) is 22.5 Å². The lowest BCUT2D eigenvalue weighted by molar-refractivity contribution is 0.102. The Balaban J connectivity index is 1.50. The van der Waals surface area contributed by atoms with E-state index in [9.17, 15) is 4.79 Å². The van der Waals surface area contributed by atoms with Crippen LogP contribution in [0.2, 0.25) is 0 Å². The number of nitrogens with one attached hydrogen (secondary N) is 1. The van der Waals surface area contributed by atoms with Gasteiger partial charge in [0.15, 0.2) is 5.58 Å². The van der Waals surface area contributed by atoms with E-state index in [1.54, 1.807) is 42.7 Å². The molecule has 29 heavy (non-hydrogen) atoms. The minimum absolute atomic E-state index is 0.205.